The Bertz CT molecular complexity index is 566. The fraction of sp³-hybridized carbons (Fsp3) is 0.333. The van der Waals surface area contributed by atoms with Crippen LogP contribution >= 0.6 is 0 Å². The van der Waals surface area contributed by atoms with Gasteiger partial charge in [0, 0.05) is 12.2 Å². The number of nitrogens with zero attached hydrogens (tertiary/aromatic N) is 1. The van der Waals surface area contributed by atoms with E-state index < -0.39 is 61.7 Å². The summed E-state index contributed by atoms with van der Waals surface area (Å²) < 4.78 is 0. The molecule has 0 bridgehead atoms. The number of nitrogens with one attached hydrogen (secondary N) is 3. The minimum Gasteiger partial charge on any atom is -0.480 e. The van der Waals surface area contributed by atoms with E-state index in [9.17, 15) is 28.8 Å². The van der Waals surface area contributed by atoms with Gasteiger partial charge in [0.15, 0.2) is 0 Å². The Labute approximate surface area is 129 Å². The Hall–Kier alpha value is -3.24. The van der Waals surface area contributed by atoms with E-state index in [4.69, 9.17) is 5.11 Å². The van der Waals surface area contributed by atoms with Crippen molar-refractivity contribution in [3.63, 3.8) is 0 Å². The highest BCUT2D eigenvalue weighted by atomic mass is 16.4. The summed E-state index contributed by atoms with van der Waals surface area (Å²) in [5.41, 5.74) is 0. The molecule has 23 heavy (non-hydrogen) atoms. The lowest BCUT2D eigenvalue weighted by Gasteiger charge is -2.13. The number of hydrogen-bond acceptors (Lipinski definition) is 6. The quantitative estimate of drug-likeness (QED) is 0.334. The standard InChI is InChI=1S/C12H14N4O7/c17-7(13-3-8(18)15-5-12(22)23)4-14-9(19)6-16-10(20)1-2-11(16)21/h1-2H,3-6H2,(H,13,17)(H,14,19)(H,15,18)(H,22,23). The summed E-state index contributed by atoms with van der Waals surface area (Å²) >= 11 is 0. The van der Waals surface area contributed by atoms with Crippen LogP contribution in [-0.2, 0) is 28.8 Å². The predicted octanol–water partition coefficient (Wildman–Crippen LogP) is -3.66. The third kappa shape index (κ3) is 6.37. The fourth-order valence-corrected chi connectivity index (χ4v) is 1.44. The van der Waals surface area contributed by atoms with Crippen molar-refractivity contribution in [3.05, 3.63) is 12.2 Å². The molecule has 1 aliphatic rings. The van der Waals surface area contributed by atoms with Crippen LogP contribution in [0, 0.1) is 0 Å². The number of aliphatic carboxylic acids is 1. The SMILES string of the molecule is O=C(O)CNC(=O)CNC(=O)CNC(=O)CN1C(=O)C=CC1=O. The monoisotopic (exact) mass is 326 g/mol. The number of hydrogen-bond donors (Lipinski definition) is 4. The molecule has 4 N–H and O–H groups in total. The van der Waals surface area contributed by atoms with Crippen molar-refractivity contribution in [2.45, 2.75) is 0 Å². The van der Waals surface area contributed by atoms with Gasteiger partial charge in [-0.2, -0.15) is 0 Å². The average Bonchev–Trinajstić information content (AvgIpc) is 2.80. The van der Waals surface area contributed by atoms with E-state index in [2.05, 4.69) is 10.6 Å². The molecule has 0 radical (unpaired) electrons. The molecule has 0 aliphatic carbocycles. The van der Waals surface area contributed by atoms with Gasteiger partial charge in [-0.15, -0.1) is 0 Å². The average molecular weight is 326 g/mol. The van der Waals surface area contributed by atoms with Crippen LogP contribution in [0.3, 0.4) is 0 Å². The van der Waals surface area contributed by atoms with E-state index in [1.807, 2.05) is 5.32 Å². The first-order valence-electron chi connectivity index (χ1n) is 6.35. The van der Waals surface area contributed by atoms with Gasteiger partial charge in [0.1, 0.15) is 13.1 Å². The second kappa shape index (κ2) is 8.26. The van der Waals surface area contributed by atoms with Gasteiger partial charge in [-0.3, -0.25) is 33.7 Å². The van der Waals surface area contributed by atoms with Crippen molar-refractivity contribution in [2.75, 3.05) is 26.2 Å². The zero-order chi connectivity index (χ0) is 17.4. The second-order valence-electron chi connectivity index (χ2n) is 4.32. The number of amides is 5. The van der Waals surface area contributed by atoms with Crippen LogP contribution in [0.4, 0.5) is 0 Å². The maximum Gasteiger partial charge on any atom is 0.322 e. The molecule has 1 aliphatic heterocycles. The van der Waals surface area contributed by atoms with Crippen LogP contribution in [0.15, 0.2) is 12.2 Å². The van der Waals surface area contributed by atoms with E-state index in [-0.39, 0.29) is 0 Å². The molecule has 1 heterocycles. The lowest BCUT2D eigenvalue weighted by molar-refractivity contribution is -0.141. The summed E-state index contributed by atoms with van der Waals surface area (Å²) in [5.74, 6) is -4.58. The highest BCUT2D eigenvalue weighted by Crippen LogP contribution is 2.01. The molecule has 0 aromatic rings. The van der Waals surface area contributed by atoms with Crippen molar-refractivity contribution in [3.8, 4) is 0 Å². The Balaban J connectivity index is 2.21. The summed E-state index contributed by atoms with van der Waals surface area (Å²) in [4.78, 5) is 67.3. The molecule has 0 fully saturated rings. The summed E-state index contributed by atoms with van der Waals surface area (Å²) in [6, 6.07) is 0. The fourth-order valence-electron chi connectivity index (χ4n) is 1.44. The van der Waals surface area contributed by atoms with Gasteiger partial charge in [0.25, 0.3) is 11.8 Å². The van der Waals surface area contributed by atoms with Gasteiger partial charge < -0.3 is 21.1 Å². The first-order valence-corrected chi connectivity index (χ1v) is 6.35. The largest absolute Gasteiger partial charge is 0.480 e. The molecule has 5 amide bonds. The molecular weight excluding hydrogens is 312 g/mol. The minimum atomic E-state index is -1.22. The molecule has 0 aromatic heterocycles. The van der Waals surface area contributed by atoms with Crippen LogP contribution in [0.2, 0.25) is 0 Å². The molecule has 1 rings (SSSR count). The molecule has 11 heteroatoms. The molecule has 0 spiro atoms. The molecule has 0 saturated carbocycles. The Kier molecular flexibility index (Phi) is 6.40. The third-order valence-electron chi connectivity index (χ3n) is 2.53. The van der Waals surface area contributed by atoms with Gasteiger partial charge in [-0.25, -0.2) is 0 Å². The van der Waals surface area contributed by atoms with Crippen molar-refractivity contribution >= 4 is 35.5 Å². The van der Waals surface area contributed by atoms with Gasteiger partial charge in [0.2, 0.25) is 17.7 Å². The van der Waals surface area contributed by atoms with Crippen molar-refractivity contribution in [1.29, 1.82) is 0 Å². The number of carboxylic acid groups (broad SMARTS) is 1. The smallest absolute Gasteiger partial charge is 0.322 e. The van der Waals surface area contributed by atoms with Crippen LogP contribution < -0.4 is 16.0 Å². The summed E-state index contributed by atoms with van der Waals surface area (Å²) in [6.07, 6.45) is 2.05. The van der Waals surface area contributed by atoms with Crippen molar-refractivity contribution in [1.82, 2.24) is 20.9 Å². The first-order chi connectivity index (χ1) is 10.8. The molecule has 11 nitrogen and oxygen atoms in total. The van der Waals surface area contributed by atoms with Gasteiger partial charge in [-0.1, -0.05) is 0 Å². The summed E-state index contributed by atoms with van der Waals surface area (Å²) in [5, 5.41) is 14.7. The molecule has 0 unspecified atom stereocenters. The lowest BCUT2D eigenvalue weighted by Crippen LogP contribution is -2.45. The predicted molar refractivity (Wildman–Crippen MR) is 72.5 cm³/mol. The highest BCUT2D eigenvalue weighted by molar-refractivity contribution is 6.14. The second-order valence-corrected chi connectivity index (χ2v) is 4.32. The summed E-state index contributed by atoms with van der Waals surface area (Å²) in [6.45, 7) is -2.00. The van der Waals surface area contributed by atoms with Crippen molar-refractivity contribution < 1.29 is 33.9 Å². The zero-order valence-electron chi connectivity index (χ0n) is 11.8. The first kappa shape index (κ1) is 17.8. The van der Waals surface area contributed by atoms with E-state index in [1.54, 1.807) is 0 Å². The van der Waals surface area contributed by atoms with Gasteiger partial charge >= 0.3 is 5.97 Å². The van der Waals surface area contributed by atoms with Gasteiger partial charge in [-0.05, 0) is 0 Å². The number of rotatable bonds is 8. The summed E-state index contributed by atoms with van der Waals surface area (Å²) in [7, 11) is 0. The number of carboxylic acids is 1. The van der Waals surface area contributed by atoms with E-state index in [0.29, 0.717) is 4.90 Å². The van der Waals surface area contributed by atoms with Crippen molar-refractivity contribution in [2.24, 2.45) is 0 Å². The minimum absolute atomic E-state index is 0.449. The van der Waals surface area contributed by atoms with Crippen LogP contribution in [0.25, 0.3) is 0 Å². The molecule has 124 valence electrons. The van der Waals surface area contributed by atoms with Crippen LogP contribution in [-0.4, -0.2) is 71.7 Å². The number of imide groups is 1. The van der Waals surface area contributed by atoms with E-state index in [1.165, 1.54) is 0 Å². The topological polar surface area (TPSA) is 162 Å². The molecule has 0 atom stereocenters. The third-order valence-corrected chi connectivity index (χ3v) is 2.53. The Morgan fingerprint density at radius 3 is 1.74 bits per heavy atom. The van der Waals surface area contributed by atoms with E-state index >= 15 is 0 Å². The number of carbonyl (C=O) groups is 6. The molecule has 0 saturated heterocycles. The molecular formula is C12H14N4O7. The zero-order valence-corrected chi connectivity index (χ0v) is 11.8. The normalized spacial score (nSPS) is 13.0. The van der Waals surface area contributed by atoms with Crippen LogP contribution in [0.5, 0.6) is 0 Å². The Morgan fingerprint density at radius 1 is 0.826 bits per heavy atom. The maximum atomic E-state index is 11.5. The Morgan fingerprint density at radius 2 is 1.26 bits per heavy atom. The number of carbonyl (C=O) groups excluding carboxylic acids is 5. The highest BCUT2D eigenvalue weighted by Gasteiger charge is 2.25. The molecule has 0 aromatic carbocycles. The van der Waals surface area contributed by atoms with Crippen LogP contribution in [0.1, 0.15) is 0 Å². The lowest BCUT2D eigenvalue weighted by atomic mass is 10.4. The van der Waals surface area contributed by atoms with Gasteiger partial charge in [0.05, 0.1) is 13.1 Å². The maximum absolute atomic E-state index is 11.5. The van der Waals surface area contributed by atoms with E-state index in [0.717, 1.165) is 12.2 Å².